The SMILES string of the molecule is CS/C(=N\c1ccc(S(=O)(=O)c2ccccc2)c(C)c1)NC#N. The van der Waals surface area contributed by atoms with Crippen LogP contribution in [0.15, 0.2) is 63.3 Å². The van der Waals surface area contributed by atoms with E-state index >= 15 is 0 Å². The molecule has 0 unspecified atom stereocenters. The zero-order valence-electron chi connectivity index (χ0n) is 12.6. The number of aliphatic imine (C=N–C) groups is 1. The van der Waals surface area contributed by atoms with Crippen LogP contribution in [-0.2, 0) is 9.84 Å². The first-order valence-electron chi connectivity index (χ1n) is 6.67. The average molecular weight is 345 g/mol. The lowest BCUT2D eigenvalue weighted by atomic mass is 10.2. The first-order chi connectivity index (χ1) is 11.0. The van der Waals surface area contributed by atoms with Crippen molar-refractivity contribution in [2.45, 2.75) is 16.7 Å². The molecule has 0 heterocycles. The Bertz CT molecular complexity index is 870. The highest BCUT2D eigenvalue weighted by atomic mass is 32.2. The van der Waals surface area contributed by atoms with Gasteiger partial charge in [-0.3, -0.25) is 5.32 Å². The molecular formula is C16H15N3O2S2. The zero-order valence-corrected chi connectivity index (χ0v) is 14.3. The molecule has 0 aliphatic heterocycles. The van der Waals surface area contributed by atoms with E-state index < -0.39 is 9.84 Å². The van der Waals surface area contributed by atoms with Crippen LogP contribution in [0.4, 0.5) is 5.69 Å². The second kappa shape index (κ2) is 7.31. The predicted molar refractivity (Wildman–Crippen MR) is 92.4 cm³/mol. The summed E-state index contributed by atoms with van der Waals surface area (Å²) in [6.07, 6.45) is 3.61. The van der Waals surface area contributed by atoms with Gasteiger partial charge in [-0.15, -0.1) is 0 Å². The van der Waals surface area contributed by atoms with Crippen LogP contribution in [0.1, 0.15) is 5.56 Å². The van der Waals surface area contributed by atoms with Crippen LogP contribution in [0.5, 0.6) is 0 Å². The summed E-state index contributed by atoms with van der Waals surface area (Å²) in [6, 6.07) is 13.2. The fraction of sp³-hybridized carbons (Fsp3) is 0.125. The lowest BCUT2D eigenvalue weighted by molar-refractivity contribution is 0.595. The number of sulfone groups is 1. The second-order valence-corrected chi connectivity index (χ2v) is 7.34. The van der Waals surface area contributed by atoms with Gasteiger partial charge in [0.25, 0.3) is 0 Å². The molecule has 0 aliphatic rings. The van der Waals surface area contributed by atoms with E-state index in [9.17, 15) is 8.42 Å². The quantitative estimate of drug-likeness (QED) is 0.400. The van der Waals surface area contributed by atoms with Gasteiger partial charge in [-0.2, -0.15) is 5.26 Å². The van der Waals surface area contributed by atoms with Gasteiger partial charge in [-0.05, 0) is 49.1 Å². The Morgan fingerprint density at radius 3 is 2.48 bits per heavy atom. The maximum atomic E-state index is 12.7. The van der Waals surface area contributed by atoms with Crippen LogP contribution in [0.2, 0.25) is 0 Å². The molecule has 0 spiro atoms. The van der Waals surface area contributed by atoms with E-state index in [0.717, 1.165) is 0 Å². The highest BCUT2D eigenvalue weighted by molar-refractivity contribution is 8.13. The molecule has 2 rings (SSSR count). The summed E-state index contributed by atoms with van der Waals surface area (Å²) in [5.74, 6) is 0. The van der Waals surface area contributed by atoms with Crippen LogP contribution in [0, 0.1) is 18.4 Å². The molecule has 2 aromatic carbocycles. The summed E-state index contributed by atoms with van der Waals surface area (Å²) >= 11 is 1.30. The number of benzene rings is 2. The number of rotatable bonds is 3. The smallest absolute Gasteiger partial charge is 0.206 e. The molecule has 0 aromatic heterocycles. The second-order valence-electron chi connectivity index (χ2n) is 4.62. The van der Waals surface area contributed by atoms with E-state index in [1.165, 1.54) is 11.8 Å². The minimum atomic E-state index is -3.55. The first kappa shape index (κ1) is 17.1. The van der Waals surface area contributed by atoms with E-state index in [4.69, 9.17) is 5.26 Å². The van der Waals surface area contributed by atoms with Gasteiger partial charge in [-0.1, -0.05) is 30.0 Å². The lowest BCUT2D eigenvalue weighted by Gasteiger charge is -2.09. The molecule has 0 saturated carbocycles. The number of thioether (sulfide) groups is 1. The van der Waals surface area contributed by atoms with Crippen LogP contribution in [0.25, 0.3) is 0 Å². The third-order valence-electron chi connectivity index (χ3n) is 3.09. The number of nitrogens with zero attached hydrogens (tertiary/aromatic N) is 2. The largest absolute Gasteiger partial charge is 0.271 e. The fourth-order valence-corrected chi connectivity index (χ4v) is 3.86. The van der Waals surface area contributed by atoms with Crippen LogP contribution in [-0.4, -0.2) is 19.8 Å². The highest BCUT2D eigenvalue weighted by Crippen LogP contribution is 2.27. The molecule has 0 amide bonds. The van der Waals surface area contributed by atoms with E-state index in [2.05, 4.69) is 10.3 Å². The number of nitriles is 1. The Hall–Kier alpha value is -2.30. The fourth-order valence-electron chi connectivity index (χ4n) is 2.02. The van der Waals surface area contributed by atoms with Gasteiger partial charge in [0.2, 0.25) is 9.84 Å². The Balaban J connectivity index is 2.43. The topological polar surface area (TPSA) is 82.3 Å². The Morgan fingerprint density at radius 1 is 1.22 bits per heavy atom. The summed E-state index contributed by atoms with van der Waals surface area (Å²) in [7, 11) is -3.55. The van der Waals surface area contributed by atoms with Crippen LogP contribution >= 0.6 is 11.8 Å². The van der Waals surface area contributed by atoms with E-state index in [-0.39, 0.29) is 9.79 Å². The van der Waals surface area contributed by atoms with E-state index in [1.54, 1.807) is 61.7 Å². The van der Waals surface area contributed by atoms with Gasteiger partial charge in [-0.25, -0.2) is 13.4 Å². The summed E-state index contributed by atoms with van der Waals surface area (Å²) in [5.41, 5.74) is 1.19. The van der Waals surface area contributed by atoms with Crippen LogP contribution in [0.3, 0.4) is 0 Å². The molecule has 0 saturated heterocycles. The molecule has 7 heteroatoms. The van der Waals surface area contributed by atoms with E-state index in [0.29, 0.717) is 16.4 Å². The van der Waals surface area contributed by atoms with Crippen molar-refractivity contribution >= 4 is 32.5 Å². The average Bonchev–Trinajstić information content (AvgIpc) is 2.55. The van der Waals surface area contributed by atoms with Crippen molar-refractivity contribution in [3.05, 3.63) is 54.1 Å². The van der Waals surface area contributed by atoms with Gasteiger partial charge in [0.1, 0.15) is 0 Å². The van der Waals surface area contributed by atoms with E-state index in [1.807, 2.05) is 6.19 Å². The number of hydrogen-bond acceptors (Lipinski definition) is 5. The van der Waals surface area contributed by atoms with Gasteiger partial charge in [0, 0.05) is 0 Å². The summed E-state index contributed by atoms with van der Waals surface area (Å²) < 4.78 is 25.3. The van der Waals surface area contributed by atoms with Crippen molar-refractivity contribution in [3.8, 4) is 6.19 Å². The number of amidine groups is 1. The Morgan fingerprint density at radius 2 is 1.91 bits per heavy atom. The highest BCUT2D eigenvalue weighted by Gasteiger charge is 2.19. The number of aryl methyl sites for hydroxylation is 1. The summed E-state index contributed by atoms with van der Waals surface area (Å²) in [5, 5.41) is 11.6. The van der Waals surface area contributed by atoms with Gasteiger partial charge in [0.05, 0.1) is 15.5 Å². The Labute approximate surface area is 140 Å². The number of nitrogens with one attached hydrogen (secondary N) is 1. The molecule has 0 aliphatic carbocycles. The van der Waals surface area contributed by atoms with Gasteiger partial charge in [0.15, 0.2) is 11.4 Å². The Kier molecular flexibility index (Phi) is 5.42. The molecule has 118 valence electrons. The third-order valence-corrected chi connectivity index (χ3v) is 5.60. The van der Waals surface area contributed by atoms with Crippen molar-refractivity contribution in [1.29, 1.82) is 5.26 Å². The molecule has 0 bridgehead atoms. The van der Waals surface area contributed by atoms with Crippen molar-refractivity contribution in [1.82, 2.24) is 5.32 Å². The van der Waals surface area contributed by atoms with Crippen molar-refractivity contribution in [2.75, 3.05) is 6.26 Å². The monoisotopic (exact) mass is 345 g/mol. The summed E-state index contributed by atoms with van der Waals surface area (Å²) in [6.45, 7) is 1.73. The van der Waals surface area contributed by atoms with Crippen molar-refractivity contribution in [3.63, 3.8) is 0 Å². The molecule has 2 aromatic rings. The molecule has 0 atom stereocenters. The van der Waals surface area contributed by atoms with Crippen molar-refractivity contribution < 1.29 is 8.42 Å². The molecule has 0 radical (unpaired) electrons. The molecule has 0 fully saturated rings. The minimum Gasteiger partial charge on any atom is -0.271 e. The zero-order chi connectivity index (χ0) is 16.9. The molecule has 1 N–H and O–H groups in total. The minimum absolute atomic E-state index is 0.251. The summed E-state index contributed by atoms with van der Waals surface area (Å²) in [4.78, 5) is 4.79. The van der Waals surface area contributed by atoms with Crippen molar-refractivity contribution in [2.24, 2.45) is 4.99 Å². The normalized spacial score (nSPS) is 11.8. The maximum Gasteiger partial charge on any atom is 0.206 e. The molecule has 23 heavy (non-hydrogen) atoms. The number of hydrogen-bond donors (Lipinski definition) is 1. The molecule has 5 nitrogen and oxygen atoms in total. The van der Waals surface area contributed by atoms with Gasteiger partial charge >= 0.3 is 0 Å². The standard InChI is InChI=1S/C16H15N3O2S2/c1-12-10-13(19-16(22-2)18-11-17)8-9-15(12)23(20,21)14-6-4-3-5-7-14/h3-10H,1-2H3,(H,18,19). The van der Waals surface area contributed by atoms with Gasteiger partial charge < -0.3 is 0 Å². The first-order valence-corrected chi connectivity index (χ1v) is 9.38. The maximum absolute atomic E-state index is 12.7. The third kappa shape index (κ3) is 3.92. The lowest BCUT2D eigenvalue weighted by Crippen LogP contribution is -2.12. The van der Waals surface area contributed by atoms with Crippen LogP contribution < -0.4 is 5.32 Å². The molecular weight excluding hydrogens is 330 g/mol. The predicted octanol–water partition coefficient (Wildman–Crippen LogP) is 3.25.